The quantitative estimate of drug-likeness (QED) is 0.189. The number of carboxylic acids is 1. The van der Waals surface area contributed by atoms with Crippen molar-refractivity contribution in [3.8, 4) is 0 Å². The van der Waals surface area contributed by atoms with Gasteiger partial charge in [0.15, 0.2) is 0 Å². The standard InChI is InChI=1S/C21H33IO2/c1-2-3-4-5-6-7-8-9-10-11-15-18-21(22,20(23)24)19-16-13-12-14-17-19/h12-14,16-17H,2-11,15,18H2,1H3,(H,23,24). The van der Waals surface area contributed by atoms with Crippen LogP contribution in [0.1, 0.15) is 89.5 Å². The highest BCUT2D eigenvalue weighted by atomic mass is 127. The normalized spacial score (nSPS) is 13.6. The average Bonchev–Trinajstić information content (AvgIpc) is 2.60. The topological polar surface area (TPSA) is 37.3 Å². The Bertz CT molecular complexity index is 446. The smallest absolute Gasteiger partial charge is 0.324 e. The SMILES string of the molecule is CCCCCCCCCCCCCC(I)(C(=O)O)c1ccccc1. The lowest BCUT2D eigenvalue weighted by molar-refractivity contribution is -0.139. The van der Waals surface area contributed by atoms with Gasteiger partial charge in [0, 0.05) is 0 Å². The summed E-state index contributed by atoms with van der Waals surface area (Å²) in [5.41, 5.74) is 0.908. The summed E-state index contributed by atoms with van der Waals surface area (Å²) in [5.74, 6) is -0.721. The molecule has 1 atom stereocenters. The third-order valence-corrected chi connectivity index (χ3v) is 6.32. The van der Waals surface area contributed by atoms with Crippen LogP contribution in [0.4, 0.5) is 0 Å². The molecule has 1 N–H and O–H groups in total. The number of unbranched alkanes of at least 4 members (excludes halogenated alkanes) is 10. The van der Waals surface area contributed by atoms with Gasteiger partial charge in [0.25, 0.3) is 0 Å². The van der Waals surface area contributed by atoms with Crippen molar-refractivity contribution in [1.29, 1.82) is 0 Å². The molecule has 0 amide bonds. The molecule has 1 aromatic rings. The van der Waals surface area contributed by atoms with Crippen LogP contribution in [0.3, 0.4) is 0 Å². The number of benzene rings is 1. The minimum absolute atomic E-state index is 0.712. The third kappa shape index (κ3) is 8.00. The van der Waals surface area contributed by atoms with Crippen LogP contribution < -0.4 is 0 Å². The minimum Gasteiger partial charge on any atom is -0.480 e. The number of aliphatic carboxylic acids is 1. The van der Waals surface area contributed by atoms with Crippen LogP contribution in [0.5, 0.6) is 0 Å². The van der Waals surface area contributed by atoms with E-state index in [1.165, 1.54) is 57.8 Å². The van der Waals surface area contributed by atoms with Crippen LogP contribution in [-0.2, 0) is 8.22 Å². The van der Waals surface area contributed by atoms with E-state index in [1.807, 2.05) is 30.3 Å². The van der Waals surface area contributed by atoms with Crippen molar-refractivity contribution >= 4 is 28.6 Å². The van der Waals surface area contributed by atoms with Gasteiger partial charge in [0.2, 0.25) is 0 Å². The molecule has 1 rings (SSSR count). The van der Waals surface area contributed by atoms with E-state index in [4.69, 9.17) is 0 Å². The van der Waals surface area contributed by atoms with Crippen LogP contribution in [0.15, 0.2) is 30.3 Å². The highest BCUT2D eigenvalue weighted by Crippen LogP contribution is 2.37. The molecule has 0 aliphatic carbocycles. The number of alkyl halides is 1. The second kappa shape index (κ2) is 12.7. The summed E-state index contributed by atoms with van der Waals surface area (Å²) >= 11 is 2.12. The van der Waals surface area contributed by atoms with Gasteiger partial charge in [-0.1, -0.05) is 130 Å². The molecule has 0 fully saturated rings. The van der Waals surface area contributed by atoms with Gasteiger partial charge in [-0.25, -0.2) is 0 Å². The fourth-order valence-electron chi connectivity index (χ4n) is 3.11. The summed E-state index contributed by atoms with van der Waals surface area (Å²) in [6.07, 6.45) is 14.9. The second-order valence-electron chi connectivity index (χ2n) is 6.76. The van der Waals surface area contributed by atoms with Crippen LogP contribution in [0, 0.1) is 0 Å². The Labute approximate surface area is 161 Å². The lowest BCUT2D eigenvalue weighted by atomic mass is 9.93. The van der Waals surface area contributed by atoms with Gasteiger partial charge in [0.05, 0.1) is 0 Å². The van der Waals surface area contributed by atoms with Gasteiger partial charge in [-0.2, -0.15) is 0 Å². The zero-order valence-corrected chi connectivity index (χ0v) is 17.3. The minimum atomic E-state index is -0.779. The Balaban J connectivity index is 2.15. The number of hydrogen-bond donors (Lipinski definition) is 1. The van der Waals surface area contributed by atoms with E-state index < -0.39 is 9.39 Å². The molecule has 0 spiro atoms. The van der Waals surface area contributed by atoms with E-state index in [1.54, 1.807) is 0 Å². The van der Waals surface area contributed by atoms with Crippen molar-refractivity contribution in [2.75, 3.05) is 0 Å². The molecule has 136 valence electrons. The molecule has 1 aromatic carbocycles. The molecular formula is C21H33IO2. The molecule has 0 bridgehead atoms. The average molecular weight is 444 g/mol. The number of carboxylic acid groups (broad SMARTS) is 1. The van der Waals surface area contributed by atoms with E-state index in [0.29, 0.717) is 6.42 Å². The van der Waals surface area contributed by atoms with Crippen molar-refractivity contribution in [2.45, 2.75) is 87.4 Å². The largest absolute Gasteiger partial charge is 0.480 e. The maximum atomic E-state index is 11.7. The maximum Gasteiger partial charge on any atom is 0.324 e. The zero-order valence-electron chi connectivity index (χ0n) is 15.1. The lowest BCUT2D eigenvalue weighted by Gasteiger charge is -2.23. The Morgan fingerprint density at radius 3 is 1.79 bits per heavy atom. The first-order valence-electron chi connectivity index (χ1n) is 9.59. The van der Waals surface area contributed by atoms with Crippen LogP contribution in [0.25, 0.3) is 0 Å². The third-order valence-electron chi connectivity index (χ3n) is 4.70. The maximum absolute atomic E-state index is 11.7. The highest BCUT2D eigenvalue weighted by Gasteiger charge is 2.36. The summed E-state index contributed by atoms with van der Waals surface area (Å²) in [7, 11) is 0. The molecule has 2 nitrogen and oxygen atoms in total. The lowest BCUT2D eigenvalue weighted by Crippen LogP contribution is -2.28. The first kappa shape index (κ1) is 21.5. The Kier molecular flexibility index (Phi) is 11.4. The summed E-state index contributed by atoms with van der Waals surface area (Å²) in [6, 6.07) is 9.64. The fraction of sp³-hybridized carbons (Fsp3) is 0.667. The predicted octanol–water partition coefficient (Wildman–Crippen LogP) is 7.10. The molecule has 0 aliphatic heterocycles. The van der Waals surface area contributed by atoms with E-state index in [-0.39, 0.29) is 0 Å². The molecule has 0 heterocycles. The molecule has 0 saturated heterocycles. The molecule has 0 saturated carbocycles. The summed E-state index contributed by atoms with van der Waals surface area (Å²) < 4.78 is -0.779. The number of carbonyl (C=O) groups is 1. The molecule has 0 aromatic heterocycles. The first-order valence-corrected chi connectivity index (χ1v) is 10.7. The van der Waals surface area contributed by atoms with Crippen molar-refractivity contribution in [3.05, 3.63) is 35.9 Å². The van der Waals surface area contributed by atoms with E-state index >= 15 is 0 Å². The van der Waals surface area contributed by atoms with Crippen molar-refractivity contribution in [1.82, 2.24) is 0 Å². The first-order chi connectivity index (χ1) is 11.6. The highest BCUT2D eigenvalue weighted by molar-refractivity contribution is 14.1. The van der Waals surface area contributed by atoms with Crippen molar-refractivity contribution in [2.24, 2.45) is 0 Å². The monoisotopic (exact) mass is 444 g/mol. The molecule has 3 heteroatoms. The summed E-state index contributed by atoms with van der Waals surface area (Å²) in [6.45, 7) is 2.26. The van der Waals surface area contributed by atoms with Crippen LogP contribution in [0.2, 0.25) is 0 Å². The molecular weight excluding hydrogens is 411 g/mol. The van der Waals surface area contributed by atoms with E-state index in [2.05, 4.69) is 29.5 Å². The predicted molar refractivity (Wildman–Crippen MR) is 111 cm³/mol. The van der Waals surface area contributed by atoms with Gasteiger partial charge in [-0.05, 0) is 12.0 Å². The molecule has 0 radical (unpaired) electrons. The van der Waals surface area contributed by atoms with Gasteiger partial charge in [-0.15, -0.1) is 0 Å². The van der Waals surface area contributed by atoms with Crippen LogP contribution in [-0.4, -0.2) is 11.1 Å². The van der Waals surface area contributed by atoms with Crippen molar-refractivity contribution in [3.63, 3.8) is 0 Å². The van der Waals surface area contributed by atoms with Gasteiger partial charge in [-0.3, -0.25) is 4.79 Å². The number of hydrogen-bond acceptors (Lipinski definition) is 1. The van der Waals surface area contributed by atoms with E-state index in [0.717, 1.165) is 18.4 Å². The second-order valence-corrected chi connectivity index (χ2v) is 8.60. The molecule has 24 heavy (non-hydrogen) atoms. The van der Waals surface area contributed by atoms with Gasteiger partial charge >= 0.3 is 5.97 Å². The summed E-state index contributed by atoms with van der Waals surface area (Å²) in [5, 5.41) is 9.64. The van der Waals surface area contributed by atoms with E-state index in [9.17, 15) is 9.90 Å². The molecule has 0 aliphatic rings. The van der Waals surface area contributed by atoms with Crippen LogP contribution >= 0.6 is 22.6 Å². The van der Waals surface area contributed by atoms with Gasteiger partial charge < -0.3 is 5.11 Å². The van der Waals surface area contributed by atoms with Gasteiger partial charge in [0.1, 0.15) is 3.42 Å². The fourth-order valence-corrected chi connectivity index (χ4v) is 3.85. The number of rotatable bonds is 14. The zero-order chi connectivity index (χ0) is 17.7. The molecule has 1 unspecified atom stereocenters. The Morgan fingerprint density at radius 1 is 0.875 bits per heavy atom. The Morgan fingerprint density at radius 2 is 1.33 bits per heavy atom. The van der Waals surface area contributed by atoms with Crippen molar-refractivity contribution < 1.29 is 9.90 Å². The summed E-state index contributed by atoms with van der Waals surface area (Å²) in [4.78, 5) is 11.7. The Hall–Kier alpha value is -0.580. The number of halogens is 1.